The predicted octanol–water partition coefficient (Wildman–Crippen LogP) is 10.8. The molecule has 0 saturated carbocycles. The van der Waals surface area contributed by atoms with Gasteiger partial charge in [-0.1, -0.05) is 139 Å². The third-order valence-electron chi connectivity index (χ3n) is 12.3. The van der Waals surface area contributed by atoms with Crippen LogP contribution in [-0.4, -0.2) is 17.3 Å². The van der Waals surface area contributed by atoms with E-state index in [2.05, 4.69) is 191 Å². The second-order valence-electron chi connectivity index (χ2n) is 17.7. The second kappa shape index (κ2) is 11.3. The topological polar surface area (TPSA) is 26.6 Å². The third-order valence-corrected chi connectivity index (χ3v) is 12.3. The van der Waals surface area contributed by atoms with E-state index in [9.17, 15) is 0 Å². The molecule has 5 heteroatoms. The number of anilines is 2. The molecule has 4 nitrogen and oxygen atoms in total. The second-order valence-corrected chi connectivity index (χ2v) is 17.7. The maximum atomic E-state index is 7.01. The van der Waals surface area contributed by atoms with E-state index in [4.69, 9.17) is 9.47 Å². The van der Waals surface area contributed by atoms with E-state index in [-0.39, 0.29) is 29.5 Å². The summed E-state index contributed by atoms with van der Waals surface area (Å²) in [6, 6.07) is 42.6. The highest BCUT2D eigenvalue weighted by Crippen LogP contribution is 2.53. The van der Waals surface area contributed by atoms with Gasteiger partial charge in [-0.25, -0.2) is 0 Å². The molecule has 0 saturated heterocycles. The van der Waals surface area contributed by atoms with Gasteiger partial charge >= 0.3 is 0 Å². The number of benzene rings is 6. The van der Waals surface area contributed by atoms with Crippen molar-refractivity contribution in [2.75, 3.05) is 4.90 Å². The first-order valence-corrected chi connectivity index (χ1v) is 19.6. The van der Waals surface area contributed by atoms with Gasteiger partial charge in [-0.15, -0.1) is 0 Å². The first-order valence-electron chi connectivity index (χ1n) is 19.6. The monoisotopic (exact) mass is 714 g/mol. The molecule has 2 atom stereocenters. The number of rotatable bonds is 2. The standard InChI is InChI=1S/C50H43BN2O2/c1-49(2,3)30-20-24-42-38(26-30)51-39-27-31(50(4,5)6)21-25-43(39)55-45-29-33(28-44(54-42)46(45)51)53-41-19-13-11-17-35(41)37-23-22-36-34-16-10-12-18-40(34)52(47(36)48(37)53)32-14-8-7-9-15-32/h7-29,34,40H,1-6H3. The summed E-state index contributed by atoms with van der Waals surface area (Å²) in [7, 11) is 0. The highest BCUT2D eigenvalue weighted by molar-refractivity contribution is 6.98. The molecule has 0 radical (unpaired) electrons. The van der Waals surface area contributed by atoms with Crippen LogP contribution in [0.1, 0.15) is 64.2 Å². The highest BCUT2D eigenvalue weighted by atomic mass is 16.5. The molecule has 268 valence electrons. The fraction of sp³-hybridized carbons (Fsp3) is 0.200. The van der Waals surface area contributed by atoms with E-state index in [1.165, 1.54) is 55.3 Å². The van der Waals surface area contributed by atoms with E-state index < -0.39 is 0 Å². The number of nitrogens with zero attached hydrogens (tertiary/aromatic N) is 2. The maximum absolute atomic E-state index is 7.01. The largest absolute Gasteiger partial charge is 0.458 e. The molecule has 7 aromatic rings. The molecule has 0 spiro atoms. The van der Waals surface area contributed by atoms with E-state index in [1.807, 2.05) is 0 Å². The van der Waals surface area contributed by atoms with Gasteiger partial charge < -0.3 is 18.9 Å². The van der Waals surface area contributed by atoms with Gasteiger partial charge in [-0.3, -0.25) is 0 Å². The first kappa shape index (κ1) is 32.5. The van der Waals surface area contributed by atoms with Crippen LogP contribution >= 0.6 is 0 Å². The SMILES string of the molecule is CC(C)(C)c1ccc2c(c1)B1c3cc(C(C)(C)C)ccc3Oc3cc(-n4c5ccccc5c5ccc6c(c54)N(c4ccccc4)C4C=CC=CC64)cc(c31)O2. The number of ether oxygens (including phenoxy) is 2. The molecule has 6 aromatic carbocycles. The summed E-state index contributed by atoms with van der Waals surface area (Å²) < 4.78 is 16.5. The zero-order valence-corrected chi connectivity index (χ0v) is 32.2. The Morgan fingerprint density at radius 3 is 1.84 bits per heavy atom. The van der Waals surface area contributed by atoms with Crippen molar-refractivity contribution in [2.45, 2.75) is 64.3 Å². The lowest BCUT2D eigenvalue weighted by Crippen LogP contribution is -2.57. The van der Waals surface area contributed by atoms with Crippen molar-refractivity contribution in [3.05, 3.63) is 156 Å². The van der Waals surface area contributed by atoms with Gasteiger partial charge in [0.05, 0.1) is 28.5 Å². The molecule has 1 aliphatic carbocycles. The molecule has 2 unspecified atom stereocenters. The van der Waals surface area contributed by atoms with Crippen LogP contribution in [-0.2, 0) is 10.8 Å². The number of hydrogen-bond acceptors (Lipinski definition) is 3. The molecular formula is C50H43BN2O2. The van der Waals surface area contributed by atoms with Crippen molar-refractivity contribution in [1.82, 2.24) is 4.57 Å². The highest BCUT2D eigenvalue weighted by Gasteiger charge is 2.43. The van der Waals surface area contributed by atoms with Gasteiger partial charge in [0.25, 0.3) is 6.71 Å². The molecule has 0 bridgehead atoms. The molecule has 4 heterocycles. The molecule has 0 fully saturated rings. The van der Waals surface area contributed by atoms with E-state index >= 15 is 0 Å². The lowest BCUT2D eigenvalue weighted by atomic mass is 9.34. The lowest BCUT2D eigenvalue weighted by molar-refractivity contribution is 0.463. The zero-order valence-electron chi connectivity index (χ0n) is 32.2. The van der Waals surface area contributed by atoms with Gasteiger partial charge in [-0.2, -0.15) is 0 Å². The molecule has 11 rings (SSSR count). The van der Waals surface area contributed by atoms with E-state index in [0.717, 1.165) is 39.7 Å². The minimum Gasteiger partial charge on any atom is -0.458 e. The van der Waals surface area contributed by atoms with Gasteiger partial charge in [0, 0.05) is 40.0 Å². The molecule has 4 aliphatic rings. The Bertz CT molecular complexity index is 2730. The third kappa shape index (κ3) is 4.72. The molecule has 55 heavy (non-hydrogen) atoms. The predicted molar refractivity (Wildman–Crippen MR) is 229 cm³/mol. The zero-order chi connectivity index (χ0) is 37.4. The van der Waals surface area contributed by atoms with Crippen LogP contribution in [0.5, 0.6) is 23.0 Å². The molecule has 3 aliphatic heterocycles. The number of para-hydroxylation sites is 2. The average molecular weight is 715 g/mol. The normalized spacial score (nSPS) is 17.7. The Morgan fingerprint density at radius 1 is 0.564 bits per heavy atom. The van der Waals surface area contributed by atoms with Crippen molar-refractivity contribution in [2.24, 2.45) is 0 Å². The Balaban J connectivity index is 1.19. The summed E-state index contributed by atoms with van der Waals surface area (Å²) in [4.78, 5) is 2.55. The van der Waals surface area contributed by atoms with Crippen LogP contribution in [0.2, 0.25) is 0 Å². The summed E-state index contributed by atoms with van der Waals surface area (Å²) in [5.41, 5.74) is 13.2. The Kier molecular flexibility index (Phi) is 6.68. The summed E-state index contributed by atoms with van der Waals surface area (Å²) in [6.07, 6.45) is 9.11. The average Bonchev–Trinajstić information content (AvgIpc) is 3.70. The quantitative estimate of drug-likeness (QED) is 0.167. The van der Waals surface area contributed by atoms with Crippen LogP contribution < -0.4 is 30.8 Å². The van der Waals surface area contributed by atoms with Crippen molar-refractivity contribution in [1.29, 1.82) is 0 Å². The number of fused-ring (bicyclic) bond motifs is 11. The van der Waals surface area contributed by atoms with Gasteiger partial charge in [0.15, 0.2) is 0 Å². The molecule has 0 amide bonds. The minimum absolute atomic E-state index is 0.00321. The van der Waals surface area contributed by atoms with Crippen molar-refractivity contribution in [3.8, 4) is 28.7 Å². The minimum atomic E-state index is -0.0196. The van der Waals surface area contributed by atoms with Gasteiger partial charge in [-0.05, 0) is 68.8 Å². The fourth-order valence-corrected chi connectivity index (χ4v) is 9.57. The lowest BCUT2D eigenvalue weighted by Gasteiger charge is -2.35. The van der Waals surface area contributed by atoms with E-state index in [1.54, 1.807) is 0 Å². The molecule has 0 N–H and O–H groups in total. The van der Waals surface area contributed by atoms with Crippen molar-refractivity contribution >= 4 is 56.3 Å². The van der Waals surface area contributed by atoms with Gasteiger partial charge in [0.1, 0.15) is 23.0 Å². The summed E-state index contributed by atoms with van der Waals surface area (Å²) >= 11 is 0. The van der Waals surface area contributed by atoms with Crippen LogP contribution in [0.4, 0.5) is 11.4 Å². The van der Waals surface area contributed by atoms with Crippen LogP contribution in [0.3, 0.4) is 0 Å². The molecular weight excluding hydrogens is 671 g/mol. The van der Waals surface area contributed by atoms with Crippen molar-refractivity contribution < 1.29 is 9.47 Å². The van der Waals surface area contributed by atoms with Crippen molar-refractivity contribution in [3.63, 3.8) is 0 Å². The number of aromatic nitrogens is 1. The molecule has 1 aromatic heterocycles. The Hall–Kier alpha value is -5.94. The Labute approximate surface area is 323 Å². The van der Waals surface area contributed by atoms with Crippen LogP contribution in [0.15, 0.2) is 140 Å². The number of hydrogen-bond donors (Lipinski definition) is 0. The van der Waals surface area contributed by atoms with Crippen LogP contribution in [0, 0.1) is 0 Å². The summed E-state index contributed by atoms with van der Waals surface area (Å²) in [5.74, 6) is 3.75. The number of allylic oxidation sites excluding steroid dienone is 2. The van der Waals surface area contributed by atoms with Crippen LogP contribution in [0.25, 0.3) is 27.5 Å². The smallest absolute Gasteiger partial charge is 0.260 e. The Morgan fingerprint density at radius 2 is 1.18 bits per heavy atom. The first-order chi connectivity index (χ1) is 26.5. The summed E-state index contributed by atoms with van der Waals surface area (Å²) in [6.45, 7) is 13.7. The van der Waals surface area contributed by atoms with E-state index in [0.29, 0.717) is 0 Å². The van der Waals surface area contributed by atoms with Gasteiger partial charge in [0.2, 0.25) is 0 Å². The maximum Gasteiger partial charge on any atom is 0.260 e. The summed E-state index contributed by atoms with van der Waals surface area (Å²) in [5, 5.41) is 2.45. The fourth-order valence-electron chi connectivity index (χ4n) is 9.57.